The van der Waals surface area contributed by atoms with Crippen molar-refractivity contribution in [3.05, 3.63) is 17.6 Å². The van der Waals surface area contributed by atoms with Crippen LogP contribution in [-0.4, -0.2) is 45.3 Å². The van der Waals surface area contributed by atoms with Crippen molar-refractivity contribution < 1.29 is 32.9 Å². The number of halogens is 3. The van der Waals surface area contributed by atoms with E-state index in [9.17, 15) is 23.1 Å². The molecule has 1 saturated heterocycles. The van der Waals surface area contributed by atoms with Crippen molar-refractivity contribution in [2.75, 3.05) is 13.1 Å². The molecule has 1 aromatic rings. The Morgan fingerprint density at radius 3 is 2.55 bits per heavy atom. The lowest BCUT2D eigenvalue weighted by molar-refractivity contribution is -0.266. The van der Waals surface area contributed by atoms with Gasteiger partial charge >= 0.3 is 6.18 Å². The Balaban J connectivity index is 2.08. The molecule has 0 aromatic carbocycles. The van der Waals surface area contributed by atoms with Crippen LogP contribution in [0, 0.1) is 0 Å². The van der Waals surface area contributed by atoms with E-state index in [1.165, 1.54) is 0 Å². The number of ether oxygens (including phenoxy) is 1. The standard InChI is InChI=1S/C12H14F3N3O4/c13-12(14,15)10-16-7(6-19)5-9(17-10)22-8-1-3-18(4-2-8)11(20)21/h5,8,19H,1-4,6H2,(H,20,21)/p-1. The van der Waals surface area contributed by atoms with Crippen molar-refractivity contribution in [1.82, 2.24) is 14.9 Å². The van der Waals surface area contributed by atoms with Gasteiger partial charge in [-0.3, -0.25) is 0 Å². The van der Waals surface area contributed by atoms with Crippen LogP contribution in [0.2, 0.25) is 0 Å². The van der Waals surface area contributed by atoms with Gasteiger partial charge in [-0.05, 0) is 0 Å². The van der Waals surface area contributed by atoms with E-state index in [0.717, 1.165) is 11.0 Å². The smallest absolute Gasteiger partial charge is 0.451 e. The third-order valence-corrected chi connectivity index (χ3v) is 3.16. The zero-order chi connectivity index (χ0) is 16.3. The molecule has 1 N–H and O–H groups in total. The summed E-state index contributed by atoms with van der Waals surface area (Å²) in [5, 5.41) is 19.6. The van der Waals surface area contributed by atoms with Gasteiger partial charge in [0, 0.05) is 32.0 Å². The Morgan fingerprint density at radius 2 is 2.05 bits per heavy atom. The topological polar surface area (TPSA) is 98.6 Å². The molecule has 0 bridgehead atoms. The van der Waals surface area contributed by atoms with E-state index >= 15 is 0 Å². The molecule has 2 rings (SSSR count). The minimum absolute atomic E-state index is 0.178. The Bertz CT molecular complexity index is 545. The SMILES string of the molecule is O=C([O-])N1CCC(Oc2cc(CO)nc(C(F)(F)F)n2)CC1. The molecule has 1 aliphatic rings. The summed E-state index contributed by atoms with van der Waals surface area (Å²) >= 11 is 0. The first kappa shape index (κ1) is 16.3. The maximum Gasteiger partial charge on any atom is 0.451 e. The van der Waals surface area contributed by atoms with Gasteiger partial charge in [0.2, 0.25) is 11.7 Å². The van der Waals surface area contributed by atoms with Crippen LogP contribution in [-0.2, 0) is 12.8 Å². The quantitative estimate of drug-likeness (QED) is 0.853. The van der Waals surface area contributed by atoms with Crippen LogP contribution in [0.3, 0.4) is 0 Å². The van der Waals surface area contributed by atoms with Crippen molar-refractivity contribution in [2.24, 2.45) is 0 Å². The summed E-state index contributed by atoms with van der Waals surface area (Å²) in [5.74, 6) is -1.68. The molecule has 22 heavy (non-hydrogen) atoms. The number of aromatic nitrogens is 2. The second-order valence-electron chi connectivity index (χ2n) is 4.75. The summed E-state index contributed by atoms with van der Waals surface area (Å²) in [4.78, 5) is 18.2. The van der Waals surface area contributed by atoms with Gasteiger partial charge in [-0.25, -0.2) is 4.98 Å². The van der Waals surface area contributed by atoms with Crippen molar-refractivity contribution in [3.63, 3.8) is 0 Å². The van der Waals surface area contributed by atoms with Gasteiger partial charge in [0.1, 0.15) is 12.2 Å². The fourth-order valence-electron chi connectivity index (χ4n) is 2.07. The highest BCUT2D eigenvalue weighted by Crippen LogP contribution is 2.28. The summed E-state index contributed by atoms with van der Waals surface area (Å²) in [7, 11) is 0. The molecule has 0 unspecified atom stereocenters. The fourth-order valence-corrected chi connectivity index (χ4v) is 2.07. The van der Waals surface area contributed by atoms with E-state index in [1.807, 2.05) is 0 Å². The van der Waals surface area contributed by atoms with Gasteiger partial charge in [0.05, 0.1) is 12.3 Å². The number of nitrogens with zero attached hydrogens (tertiary/aromatic N) is 3. The number of piperidine rings is 1. The van der Waals surface area contributed by atoms with Gasteiger partial charge in [-0.2, -0.15) is 18.2 Å². The molecule has 122 valence electrons. The molecule has 2 heterocycles. The number of carbonyl (C=O) groups excluding carboxylic acids is 1. The molecule has 0 saturated carbocycles. The van der Waals surface area contributed by atoms with E-state index < -0.39 is 30.8 Å². The lowest BCUT2D eigenvalue weighted by Gasteiger charge is -2.33. The molecule has 10 heteroatoms. The minimum atomic E-state index is -4.75. The lowest BCUT2D eigenvalue weighted by Crippen LogP contribution is -2.47. The Labute approximate surface area is 123 Å². The largest absolute Gasteiger partial charge is 0.530 e. The predicted molar refractivity (Wildman–Crippen MR) is 63.6 cm³/mol. The molecule has 0 aliphatic carbocycles. The van der Waals surface area contributed by atoms with Gasteiger partial charge < -0.3 is 24.6 Å². The summed E-state index contributed by atoms with van der Waals surface area (Å²) in [5.41, 5.74) is -0.204. The monoisotopic (exact) mass is 320 g/mol. The number of amides is 1. The molecule has 1 aromatic heterocycles. The average molecular weight is 320 g/mol. The third-order valence-electron chi connectivity index (χ3n) is 3.16. The number of hydrogen-bond acceptors (Lipinski definition) is 6. The highest BCUT2D eigenvalue weighted by molar-refractivity contribution is 5.62. The number of alkyl halides is 3. The number of likely N-dealkylation sites (tertiary alicyclic amines) is 1. The highest BCUT2D eigenvalue weighted by Gasteiger charge is 2.36. The summed E-state index contributed by atoms with van der Waals surface area (Å²) in [6.45, 7) is -0.320. The number of rotatable bonds is 3. The zero-order valence-electron chi connectivity index (χ0n) is 11.3. The van der Waals surface area contributed by atoms with Crippen molar-refractivity contribution in [2.45, 2.75) is 31.7 Å². The van der Waals surface area contributed by atoms with Crippen LogP contribution in [0.5, 0.6) is 5.88 Å². The minimum Gasteiger partial charge on any atom is -0.530 e. The molecule has 0 radical (unpaired) electrons. The number of aliphatic hydroxyl groups is 1. The van der Waals surface area contributed by atoms with Crippen molar-refractivity contribution >= 4 is 6.09 Å². The second-order valence-corrected chi connectivity index (χ2v) is 4.75. The maximum absolute atomic E-state index is 12.7. The molecule has 1 amide bonds. The molecule has 7 nitrogen and oxygen atoms in total. The third kappa shape index (κ3) is 3.97. The van der Waals surface area contributed by atoms with Crippen LogP contribution in [0.15, 0.2) is 6.07 Å². The van der Waals surface area contributed by atoms with E-state index in [4.69, 9.17) is 9.84 Å². The first-order valence-electron chi connectivity index (χ1n) is 6.48. The molecular formula is C12H13F3N3O4-. The molecule has 1 aliphatic heterocycles. The maximum atomic E-state index is 12.7. The number of aliphatic hydroxyl groups excluding tert-OH is 1. The Morgan fingerprint density at radius 1 is 1.41 bits per heavy atom. The molecule has 0 atom stereocenters. The van der Waals surface area contributed by atoms with E-state index in [0.29, 0.717) is 12.8 Å². The van der Waals surface area contributed by atoms with Gasteiger partial charge in [-0.15, -0.1) is 0 Å². The number of carboxylic acid groups (broad SMARTS) is 1. The summed E-state index contributed by atoms with van der Waals surface area (Å²) < 4.78 is 43.3. The van der Waals surface area contributed by atoms with Crippen LogP contribution in [0.1, 0.15) is 24.4 Å². The van der Waals surface area contributed by atoms with E-state index in [1.54, 1.807) is 0 Å². The molecule has 1 fully saturated rings. The molecule has 0 spiro atoms. The van der Waals surface area contributed by atoms with Crippen LogP contribution in [0.25, 0.3) is 0 Å². The normalized spacial score (nSPS) is 16.6. The van der Waals surface area contributed by atoms with Gasteiger partial charge in [0.25, 0.3) is 0 Å². The summed E-state index contributed by atoms with van der Waals surface area (Å²) in [6, 6.07) is 1.13. The van der Waals surface area contributed by atoms with Crippen LogP contribution >= 0.6 is 0 Å². The van der Waals surface area contributed by atoms with Crippen LogP contribution < -0.4 is 9.84 Å². The van der Waals surface area contributed by atoms with Crippen molar-refractivity contribution in [1.29, 1.82) is 0 Å². The van der Waals surface area contributed by atoms with E-state index in [2.05, 4.69) is 9.97 Å². The highest BCUT2D eigenvalue weighted by atomic mass is 19.4. The number of carbonyl (C=O) groups is 1. The first-order valence-corrected chi connectivity index (χ1v) is 6.48. The zero-order valence-corrected chi connectivity index (χ0v) is 11.3. The number of hydrogen-bond donors (Lipinski definition) is 1. The van der Waals surface area contributed by atoms with E-state index in [-0.39, 0.29) is 24.7 Å². The second kappa shape index (κ2) is 6.34. The Hall–Kier alpha value is -2.10. The first-order chi connectivity index (χ1) is 10.3. The Kier molecular flexibility index (Phi) is 4.69. The van der Waals surface area contributed by atoms with Crippen molar-refractivity contribution in [3.8, 4) is 5.88 Å². The lowest BCUT2D eigenvalue weighted by atomic mass is 10.1. The molecular weight excluding hydrogens is 307 g/mol. The average Bonchev–Trinajstić information content (AvgIpc) is 2.46. The summed E-state index contributed by atoms with van der Waals surface area (Å²) in [6.07, 6.45) is -5.87. The van der Waals surface area contributed by atoms with Gasteiger partial charge in [-0.1, -0.05) is 0 Å². The van der Waals surface area contributed by atoms with Gasteiger partial charge in [0.15, 0.2) is 0 Å². The fraction of sp³-hybridized carbons (Fsp3) is 0.583. The van der Waals surface area contributed by atoms with Crippen LogP contribution in [0.4, 0.5) is 18.0 Å². The predicted octanol–water partition coefficient (Wildman–Crippen LogP) is 0.174.